The van der Waals surface area contributed by atoms with Crippen molar-refractivity contribution in [3.8, 4) is 0 Å². The summed E-state index contributed by atoms with van der Waals surface area (Å²) in [4.78, 5) is 26.4. The molecule has 136 valence electrons. The number of methoxy groups -OCH3 is 1. The first-order valence-corrected chi connectivity index (χ1v) is 8.81. The van der Waals surface area contributed by atoms with Gasteiger partial charge in [0.05, 0.1) is 29.3 Å². The smallest absolute Gasteiger partial charge is 0.337 e. The summed E-state index contributed by atoms with van der Waals surface area (Å²) in [5.41, 5.74) is 2.29. The van der Waals surface area contributed by atoms with E-state index in [1.54, 1.807) is 17.0 Å². The zero-order valence-corrected chi connectivity index (χ0v) is 15.3. The first kappa shape index (κ1) is 18.4. The van der Waals surface area contributed by atoms with E-state index >= 15 is 0 Å². The predicted octanol–water partition coefficient (Wildman–Crippen LogP) is 4.42. The second-order valence-electron chi connectivity index (χ2n) is 6.15. The molecule has 1 aliphatic carbocycles. The fourth-order valence-electron chi connectivity index (χ4n) is 3.50. The third-order valence-corrected chi connectivity index (χ3v) is 5.08. The van der Waals surface area contributed by atoms with Crippen LogP contribution in [0.25, 0.3) is 0 Å². The van der Waals surface area contributed by atoms with Gasteiger partial charge < -0.3 is 9.64 Å². The molecule has 1 unspecified atom stereocenters. The number of ether oxygens (including phenoxy) is 1. The molecule has 0 heterocycles. The molecule has 0 aliphatic heterocycles. The molecule has 1 aliphatic rings. The number of rotatable bonds is 4. The van der Waals surface area contributed by atoms with E-state index in [1.165, 1.54) is 25.3 Å². The molecular weight excluding hydrogens is 357 g/mol. The van der Waals surface area contributed by atoms with Crippen molar-refractivity contribution in [2.45, 2.75) is 25.8 Å². The molecule has 0 saturated carbocycles. The molecule has 2 aromatic rings. The number of hydrogen-bond acceptors (Lipinski definition) is 3. The molecule has 0 spiro atoms. The number of aryl methyl sites for hydroxylation is 1. The minimum absolute atomic E-state index is 0.0926. The Morgan fingerprint density at radius 1 is 1.31 bits per heavy atom. The molecule has 26 heavy (non-hydrogen) atoms. The normalized spacial score (nSPS) is 15.5. The molecule has 0 aromatic heterocycles. The maximum Gasteiger partial charge on any atom is 0.337 e. The zero-order chi connectivity index (χ0) is 18.8. The first-order valence-electron chi connectivity index (χ1n) is 8.44. The third-order valence-electron chi connectivity index (χ3n) is 4.77. The minimum Gasteiger partial charge on any atom is -0.465 e. The van der Waals surface area contributed by atoms with Crippen LogP contribution in [0.5, 0.6) is 0 Å². The highest BCUT2D eigenvalue weighted by Gasteiger charge is 2.33. The van der Waals surface area contributed by atoms with Gasteiger partial charge in [0.2, 0.25) is 0 Å². The lowest BCUT2D eigenvalue weighted by molar-refractivity contribution is 0.0600. The summed E-state index contributed by atoms with van der Waals surface area (Å²) < 4.78 is 19.0. The zero-order valence-electron chi connectivity index (χ0n) is 14.6. The molecule has 0 radical (unpaired) electrons. The summed E-state index contributed by atoms with van der Waals surface area (Å²) in [6, 6.07) is 9.34. The molecule has 0 N–H and O–H groups in total. The largest absolute Gasteiger partial charge is 0.465 e. The van der Waals surface area contributed by atoms with Crippen molar-refractivity contribution in [1.82, 2.24) is 4.90 Å². The highest BCUT2D eigenvalue weighted by molar-refractivity contribution is 6.33. The van der Waals surface area contributed by atoms with Crippen LogP contribution in [-0.2, 0) is 11.2 Å². The average Bonchev–Trinajstić information content (AvgIpc) is 3.04. The molecule has 0 saturated heterocycles. The third kappa shape index (κ3) is 3.19. The van der Waals surface area contributed by atoms with Gasteiger partial charge in [0.1, 0.15) is 5.82 Å². The lowest BCUT2D eigenvalue weighted by Gasteiger charge is -2.29. The number of amides is 1. The van der Waals surface area contributed by atoms with E-state index in [2.05, 4.69) is 0 Å². The second kappa shape index (κ2) is 7.46. The van der Waals surface area contributed by atoms with E-state index in [9.17, 15) is 14.0 Å². The lowest BCUT2D eigenvalue weighted by Crippen LogP contribution is -2.34. The maximum absolute atomic E-state index is 14.2. The number of hydrogen-bond donors (Lipinski definition) is 0. The minimum atomic E-state index is -0.637. The Morgan fingerprint density at radius 3 is 2.73 bits per heavy atom. The summed E-state index contributed by atoms with van der Waals surface area (Å²) in [5.74, 6) is -1.51. The van der Waals surface area contributed by atoms with Gasteiger partial charge in [0, 0.05) is 6.54 Å². The molecule has 0 fully saturated rings. The topological polar surface area (TPSA) is 46.6 Å². The fourth-order valence-corrected chi connectivity index (χ4v) is 3.74. The fraction of sp³-hybridized carbons (Fsp3) is 0.300. The lowest BCUT2D eigenvalue weighted by atomic mass is 10.0. The number of carbonyl (C=O) groups excluding carboxylic acids is 2. The number of carbonyl (C=O) groups is 2. The van der Waals surface area contributed by atoms with Crippen LogP contribution < -0.4 is 0 Å². The van der Waals surface area contributed by atoms with Crippen molar-refractivity contribution in [1.29, 1.82) is 0 Å². The van der Waals surface area contributed by atoms with Crippen LogP contribution in [0.1, 0.15) is 51.2 Å². The van der Waals surface area contributed by atoms with Crippen LogP contribution in [0.3, 0.4) is 0 Å². The average molecular weight is 376 g/mol. The summed E-state index contributed by atoms with van der Waals surface area (Å²) in [5, 5.41) is 0.0926. The highest BCUT2D eigenvalue weighted by Crippen LogP contribution is 2.38. The van der Waals surface area contributed by atoms with E-state index in [4.69, 9.17) is 16.3 Å². The van der Waals surface area contributed by atoms with Gasteiger partial charge in [-0.25, -0.2) is 9.18 Å². The van der Waals surface area contributed by atoms with Crippen LogP contribution in [0.4, 0.5) is 4.39 Å². The van der Waals surface area contributed by atoms with Crippen molar-refractivity contribution in [3.63, 3.8) is 0 Å². The van der Waals surface area contributed by atoms with Crippen LogP contribution >= 0.6 is 11.6 Å². The summed E-state index contributed by atoms with van der Waals surface area (Å²) in [6.07, 6.45) is 1.50. The molecular formula is C20H19ClFNO3. The number of esters is 1. The Kier molecular flexibility index (Phi) is 5.28. The molecule has 2 aromatic carbocycles. The van der Waals surface area contributed by atoms with E-state index in [0.717, 1.165) is 17.5 Å². The molecule has 0 bridgehead atoms. The van der Waals surface area contributed by atoms with Crippen LogP contribution in [0.2, 0.25) is 5.02 Å². The monoisotopic (exact) mass is 375 g/mol. The molecule has 1 amide bonds. The summed E-state index contributed by atoms with van der Waals surface area (Å²) in [7, 11) is 1.33. The van der Waals surface area contributed by atoms with Gasteiger partial charge in [0.25, 0.3) is 5.91 Å². The quantitative estimate of drug-likeness (QED) is 0.743. The van der Waals surface area contributed by atoms with Crippen molar-refractivity contribution in [3.05, 3.63) is 69.5 Å². The van der Waals surface area contributed by atoms with Crippen LogP contribution in [0, 0.1) is 5.82 Å². The van der Waals surface area contributed by atoms with Gasteiger partial charge >= 0.3 is 5.97 Å². The van der Waals surface area contributed by atoms with Gasteiger partial charge in [-0.2, -0.15) is 0 Å². The number of nitrogens with zero attached hydrogens (tertiary/aromatic N) is 1. The standard InChI is InChI=1S/C20H19ClFNO3/c1-3-23(19(24)18-15(21)5-4-6-16(18)22)17-10-9-12-7-8-13(11-14(12)17)20(25)26-2/h4-8,11,17H,3,9-10H2,1-2H3. The van der Waals surface area contributed by atoms with Crippen molar-refractivity contribution in [2.24, 2.45) is 0 Å². The molecule has 4 nitrogen and oxygen atoms in total. The number of benzene rings is 2. The van der Waals surface area contributed by atoms with Gasteiger partial charge in [-0.3, -0.25) is 4.79 Å². The second-order valence-corrected chi connectivity index (χ2v) is 6.55. The predicted molar refractivity (Wildman–Crippen MR) is 97.0 cm³/mol. The van der Waals surface area contributed by atoms with Gasteiger partial charge in [-0.05, 0) is 55.2 Å². The number of halogens is 2. The van der Waals surface area contributed by atoms with Gasteiger partial charge in [-0.15, -0.1) is 0 Å². The van der Waals surface area contributed by atoms with Crippen molar-refractivity contribution in [2.75, 3.05) is 13.7 Å². The number of fused-ring (bicyclic) bond motifs is 1. The van der Waals surface area contributed by atoms with E-state index in [0.29, 0.717) is 18.5 Å². The molecule has 3 rings (SSSR count). The summed E-state index contributed by atoms with van der Waals surface area (Å²) >= 11 is 6.07. The van der Waals surface area contributed by atoms with Crippen molar-refractivity contribution < 1.29 is 18.7 Å². The van der Waals surface area contributed by atoms with Crippen LogP contribution in [-0.4, -0.2) is 30.4 Å². The molecule has 6 heteroatoms. The molecule has 1 atom stereocenters. The van der Waals surface area contributed by atoms with E-state index in [-0.39, 0.29) is 16.6 Å². The Balaban J connectivity index is 1.99. The Morgan fingerprint density at radius 2 is 2.08 bits per heavy atom. The van der Waals surface area contributed by atoms with Crippen molar-refractivity contribution >= 4 is 23.5 Å². The maximum atomic E-state index is 14.2. The van der Waals surface area contributed by atoms with E-state index < -0.39 is 17.7 Å². The Hall–Kier alpha value is -2.40. The Bertz CT molecular complexity index is 848. The van der Waals surface area contributed by atoms with Crippen LogP contribution in [0.15, 0.2) is 36.4 Å². The van der Waals surface area contributed by atoms with Gasteiger partial charge in [-0.1, -0.05) is 23.7 Å². The first-order chi connectivity index (χ1) is 12.5. The SMILES string of the molecule is CCN(C(=O)c1c(F)cccc1Cl)C1CCc2ccc(C(=O)OC)cc21. The van der Waals surface area contributed by atoms with E-state index in [1.807, 2.05) is 13.0 Å². The Labute approximate surface area is 156 Å². The highest BCUT2D eigenvalue weighted by atomic mass is 35.5. The summed E-state index contributed by atoms with van der Waals surface area (Å²) in [6.45, 7) is 2.24. The van der Waals surface area contributed by atoms with Gasteiger partial charge in [0.15, 0.2) is 0 Å².